The molecule has 124 valence electrons. The Morgan fingerprint density at radius 1 is 0.957 bits per heavy atom. The number of aryl methyl sites for hydroxylation is 3. The second-order valence-corrected chi connectivity index (χ2v) is 7.32. The van der Waals surface area contributed by atoms with Gasteiger partial charge in [0.15, 0.2) is 0 Å². The van der Waals surface area contributed by atoms with Crippen LogP contribution in [0.5, 0.6) is 5.75 Å². The van der Waals surface area contributed by atoms with E-state index in [1.165, 1.54) is 0 Å². The summed E-state index contributed by atoms with van der Waals surface area (Å²) in [5.74, 6) is 0.774. The Morgan fingerprint density at radius 3 is 2.09 bits per heavy atom. The molecule has 0 saturated carbocycles. The number of benzene rings is 2. The highest BCUT2D eigenvalue weighted by atomic mass is 32.2. The summed E-state index contributed by atoms with van der Waals surface area (Å²) >= 11 is 0. The van der Waals surface area contributed by atoms with Gasteiger partial charge in [-0.1, -0.05) is 35.9 Å². The second kappa shape index (κ2) is 7.15. The third-order valence-corrected chi connectivity index (χ3v) is 4.79. The van der Waals surface area contributed by atoms with Gasteiger partial charge < -0.3 is 4.74 Å². The van der Waals surface area contributed by atoms with Crippen LogP contribution >= 0.6 is 0 Å². The average molecular weight is 334 g/mol. The molecule has 0 fully saturated rings. The molecule has 0 bridgehead atoms. The fourth-order valence-corrected chi connectivity index (χ4v) is 3.15. The van der Waals surface area contributed by atoms with Crippen LogP contribution < -0.4 is 4.74 Å². The standard InChI is InChI=1S/C18H22O4S/c1-13-8-10-17(11-9-13)23(19,20)21-12-16(4)22-18-14(2)6-5-7-15(18)3/h5-11,16H,12H2,1-4H3. The van der Waals surface area contributed by atoms with Crippen LogP contribution in [0.1, 0.15) is 23.6 Å². The van der Waals surface area contributed by atoms with Gasteiger partial charge in [-0.3, -0.25) is 4.18 Å². The van der Waals surface area contributed by atoms with Gasteiger partial charge in [0.2, 0.25) is 0 Å². The van der Waals surface area contributed by atoms with Crippen molar-refractivity contribution in [2.45, 2.75) is 38.7 Å². The topological polar surface area (TPSA) is 52.6 Å². The number of hydrogen-bond acceptors (Lipinski definition) is 4. The van der Waals surface area contributed by atoms with E-state index < -0.39 is 10.1 Å². The van der Waals surface area contributed by atoms with Crippen molar-refractivity contribution >= 4 is 10.1 Å². The molecule has 0 amide bonds. The molecular weight excluding hydrogens is 312 g/mol. The summed E-state index contributed by atoms with van der Waals surface area (Å²) in [6.07, 6.45) is -0.380. The smallest absolute Gasteiger partial charge is 0.297 e. The van der Waals surface area contributed by atoms with Gasteiger partial charge in [0.05, 0.1) is 4.90 Å². The molecule has 1 atom stereocenters. The van der Waals surface area contributed by atoms with Gasteiger partial charge in [-0.05, 0) is 51.0 Å². The van der Waals surface area contributed by atoms with Crippen LogP contribution in [0.2, 0.25) is 0 Å². The highest BCUT2D eigenvalue weighted by molar-refractivity contribution is 7.86. The van der Waals surface area contributed by atoms with Crippen LogP contribution in [0.4, 0.5) is 0 Å². The SMILES string of the molecule is Cc1ccc(S(=O)(=O)OCC(C)Oc2c(C)cccc2C)cc1. The number of rotatable bonds is 6. The normalized spacial score (nSPS) is 12.9. The Morgan fingerprint density at radius 2 is 1.52 bits per heavy atom. The predicted molar refractivity (Wildman–Crippen MR) is 90.3 cm³/mol. The van der Waals surface area contributed by atoms with Crippen LogP contribution in [0.25, 0.3) is 0 Å². The van der Waals surface area contributed by atoms with Crippen molar-refractivity contribution in [2.24, 2.45) is 0 Å². The lowest BCUT2D eigenvalue weighted by molar-refractivity contribution is 0.145. The van der Waals surface area contributed by atoms with E-state index in [0.717, 1.165) is 22.4 Å². The minimum atomic E-state index is -3.76. The summed E-state index contributed by atoms with van der Waals surface area (Å²) in [6.45, 7) is 7.57. The van der Waals surface area contributed by atoms with Gasteiger partial charge in [0.25, 0.3) is 10.1 Å². The molecule has 0 aliphatic carbocycles. The quantitative estimate of drug-likeness (QED) is 0.754. The van der Waals surface area contributed by atoms with Crippen molar-refractivity contribution in [1.29, 1.82) is 0 Å². The first kappa shape index (κ1) is 17.5. The molecule has 0 spiro atoms. The number of para-hydroxylation sites is 1. The zero-order chi connectivity index (χ0) is 17.0. The summed E-state index contributed by atoms with van der Waals surface area (Å²) in [6, 6.07) is 12.4. The zero-order valence-corrected chi connectivity index (χ0v) is 14.7. The molecular formula is C18H22O4S. The van der Waals surface area contributed by atoms with Crippen molar-refractivity contribution in [3.05, 3.63) is 59.2 Å². The van der Waals surface area contributed by atoms with Crippen LogP contribution in [0, 0.1) is 20.8 Å². The zero-order valence-electron chi connectivity index (χ0n) is 13.9. The number of hydrogen-bond donors (Lipinski definition) is 0. The van der Waals surface area contributed by atoms with E-state index in [0.29, 0.717) is 0 Å². The Balaban J connectivity index is 2.01. The van der Waals surface area contributed by atoms with E-state index >= 15 is 0 Å². The monoisotopic (exact) mass is 334 g/mol. The van der Waals surface area contributed by atoms with Crippen molar-refractivity contribution in [2.75, 3.05) is 6.61 Å². The van der Waals surface area contributed by atoms with Crippen LogP contribution in [-0.2, 0) is 14.3 Å². The van der Waals surface area contributed by atoms with Gasteiger partial charge in [-0.25, -0.2) is 0 Å². The summed E-state index contributed by atoms with van der Waals surface area (Å²) in [5.41, 5.74) is 3.02. The molecule has 0 aliphatic rings. The Kier molecular flexibility index (Phi) is 5.44. The molecule has 2 aromatic rings. The van der Waals surface area contributed by atoms with Crippen LogP contribution in [0.3, 0.4) is 0 Å². The lowest BCUT2D eigenvalue weighted by Crippen LogP contribution is -2.22. The summed E-state index contributed by atoms with van der Waals surface area (Å²) < 4.78 is 35.3. The fourth-order valence-electron chi connectivity index (χ4n) is 2.18. The average Bonchev–Trinajstić information content (AvgIpc) is 2.50. The Hall–Kier alpha value is -1.85. The third kappa shape index (κ3) is 4.56. The maximum Gasteiger partial charge on any atom is 0.297 e. The summed E-state index contributed by atoms with van der Waals surface area (Å²) in [5, 5.41) is 0. The molecule has 4 nitrogen and oxygen atoms in total. The van der Waals surface area contributed by atoms with Crippen molar-refractivity contribution in [3.8, 4) is 5.75 Å². The first-order valence-electron chi connectivity index (χ1n) is 7.48. The van der Waals surface area contributed by atoms with Gasteiger partial charge in [-0.2, -0.15) is 8.42 Å². The van der Waals surface area contributed by atoms with Gasteiger partial charge in [0, 0.05) is 0 Å². The number of ether oxygens (including phenoxy) is 1. The molecule has 0 aliphatic heterocycles. The van der Waals surface area contributed by atoms with E-state index in [1.807, 2.05) is 39.0 Å². The maximum atomic E-state index is 12.2. The fraction of sp³-hybridized carbons (Fsp3) is 0.333. The second-order valence-electron chi connectivity index (χ2n) is 5.70. The van der Waals surface area contributed by atoms with Crippen molar-refractivity contribution in [1.82, 2.24) is 0 Å². The Labute approximate surface area is 138 Å². The third-order valence-electron chi connectivity index (χ3n) is 3.50. The highest BCUT2D eigenvalue weighted by Gasteiger charge is 2.18. The van der Waals surface area contributed by atoms with Crippen molar-refractivity contribution < 1.29 is 17.3 Å². The summed E-state index contributed by atoms with van der Waals surface area (Å²) in [4.78, 5) is 0.155. The molecule has 0 heterocycles. The molecule has 1 unspecified atom stereocenters. The lowest BCUT2D eigenvalue weighted by atomic mass is 10.1. The molecule has 0 radical (unpaired) electrons. The predicted octanol–water partition coefficient (Wildman–Crippen LogP) is 3.78. The van der Waals surface area contributed by atoms with E-state index in [1.54, 1.807) is 31.2 Å². The summed E-state index contributed by atoms with van der Waals surface area (Å²) in [7, 11) is -3.76. The minimum Gasteiger partial charge on any atom is -0.488 e. The Bertz CT molecular complexity index is 744. The van der Waals surface area contributed by atoms with Crippen molar-refractivity contribution in [3.63, 3.8) is 0 Å². The molecule has 0 saturated heterocycles. The molecule has 2 aromatic carbocycles. The minimum absolute atomic E-state index is 0.0377. The van der Waals surface area contributed by atoms with E-state index in [2.05, 4.69) is 0 Å². The van der Waals surface area contributed by atoms with E-state index in [-0.39, 0.29) is 17.6 Å². The highest BCUT2D eigenvalue weighted by Crippen LogP contribution is 2.24. The van der Waals surface area contributed by atoms with E-state index in [4.69, 9.17) is 8.92 Å². The largest absolute Gasteiger partial charge is 0.488 e. The maximum absolute atomic E-state index is 12.2. The van der Waals surface area contributed by atoms with Crippen LogP contribution in [0.15, 0.2) is 47.4 Å². The van der Waals surface area contributed by atoms with Gasteiger partial charge >= 0.3 is 0 Å². The first-order chi connectivity index (χ1) is 10.8. The first-order valence-corrected chi connectivity index (χ1v) is 8.89. The van der Waals surface area contributed by atoms with E-state index in [9.17, 15) is 8.42 Å². The molecule has 23 heavy (non-hydrogen) atoms. The molecule has 0 aromatic heterocycles. The molecule has 5 heteroatoms. The van der Waals surface area contributed by atoms with Gasteiger partial charge in [0.1, 0.15) is 18.5 Å². The van der Waals surface area contributed by atoms with Gasteiger partial charge in [-0.15, -0.1) is 0 Å². The molecule has 2 rings (SSSR count). The molecule has 0 N–H and O–H groups in total. The lowest BCUT2D eigenvalue weighted by Gasteiger charge is -2.18. The van der Waals surface area contributed by atoms with Crippen LogP contribution in [-0.4, -0.2) is 21.1 Å².